The van der Waals surface area contributed by atoms with E-state index in [0.717, 1.165) is 30.5 Å². The Morgan fingerprint density at radius 3 is 2.28 bits per heavy atom. The highest BCUT2D eigenvalue weighted by Crippen LogP contribution is 2.38. The van der Waals surface area contributed by atoms with Gasteiger partial charge in [-0.2, -0.15) is 0 Å². The van der Waals surface area contributed by atoms with Gasteiger partial charge in [-0.15, -0.1) is 0 Å². The molecule has 6 rings (SSSR count). The molecule has 198 valence electrons. The number of hydrogen-bond acceptors (Lipinski definition) is 2. The molecule has 2 N–H and O–H groups in total. The van der Waals surface area contributed by atoms with Crippen LogP contribution in [0, 0.1) is 12.8 Å². The second-order valence-electron chi connectivity index (χ2n) is 11.0. The van der Waals surface area contributed by atoms with Gasteiger partial charge in [0.1, 0.15) is 0 Å². The van der Waals surface area contributed by atoms with Gasteiger partial charge in [0.15, 0.2) is 0 Å². The van der Waals surface area contributed by atoms with Gasteiger partial charge in [-0.3, -0.25) is 4.79 Å². The fourth-order valence-corrected chi connectivity index (χ4v) is 6.57. The van der Waals surface area contributed by atoms with Crippen LogP contribution in [0.4, 0.5) is 0 Å². The lowest BCUT2D eigenvalue weighted by Crippen LogP contribution is -2.37. The first kappa shape index (κ1) is 25.4. The lowest BCUT2D eigenvalue weighted by Gasteiger charge is -2.26. The normalized spacial score (nSPS) is 15.5. The number of aliphatic hydroxyl groups is 1. The Hall–Kier alpha value is -3.89. The van der Waals surface area contributed by atoms with E-state index < -0.39 is 6.04 Å². The highest BCUT2D eigenvalue weighted by Gasteiger charge is 2.33. The average Bonchev–Trinajstić information content (AvgIpc) is 3.61. The van der Waals surface area contributed by atoms with Gasteiger partial charge in [-0.1, -0.05) is 97.8 Å². The molecule has 2 atom stereocenters. The molecule has 5 aromatic rings. The third-order valence-corrected chi connectivity index (χ3v) is 8.54. The van der Waals surface area contributed by atoms with Crippen molar-refractivity contribution in [1.29, 1.82) is 0 Å². The molecule has 1 saturated carbocycles. The zero-order valence-corrected chi connectivity index (χ0v) is 22.5. The SMILES string of the molecule is Cc1cccc2c1c1ccccc1n2Cc1ccc([C@@H](C(=O)N[C@@H](CO)c2ccccc2)C2CCCC2)cc1. The predicted molar refractivity (Wildman–Crippen MR) is 159 cm³/mol. The van der Waals surface area contributed by atoms with Crippen LogP contribution in [-0.2, 0) is 11.3 Å². The highest BCUT2D eigenvalue weighted by molar-refractivity contribution is 6.09. The summed E-state index contributed by atoms with van der Waals surface area (Å²) in [6.45, 7) is 2.83. The molecule has 39 heavy (non-hydrogen) atoms. The van der Waals surface area contributed by atoms with Crippen molar-refractivity contribution in [1.82, 2.24) is 9.88 Å². The van der Waals surface area contributed by atoms with E-state index in [4.69, 9.17) is 0 Å². The number of benzene rings is 4. The van der Waals surface area contributed by atoms with Crippen LogP contribution in [0.2, 0.25) is 0 Å². The molecular formula is C35H36N2O2. The van der Waals surface area contributed by atoms with E-state index in [2.05, 4.69) is 83.5 Å². The number of fused-ring (bicyclic) bond motifs is 3. The van der Waals surface area contributed by atoms with E-state index in [1.54, 1.807) is 0 Å². The number of amides is 1. The second-order valence-corrected chi connectivity index (χ2v) is 11.0. The number of para-hydroxylation sites is 1. The summed E-state index contributed by atoms with van der Waals surface area (Å²) >= 11 is 0. The minimum Gasteiger partial charge on any atom is -0.394 e. The summed E-state index contributed by atoms with van der Waals surface area (Å²) in [5.74, 6) is 0.122. The number of carbonyl (C=O) groups excluding carboxylic acids is 1. The Labute approximate surface area is 230 Å². The molecule has 0 saturated heterocycles. The first-order valence-electron chi connectivity index (χ1n) is 14.2. The molecule has 0 unspecified atom stereocenters. The number of rotatable bonds is 8. The van der Waals surface area contributed by atoms with Gasteiger partial charge in [0.2, 0.25) is 5.91 Å². The first-order chi connectivity index (χ1) is 19.1. The third-order valence-electron chi connectivity index (χ3n) is 8.54. The maximum Gasteiger partial charge on any atom is 0.228 e. The highest BCUT2D eigenvalue weighted by atomic mass is 16.3. The van der Waals surface area contributed by atoms with Crippen LogP contribution in [0.25, 0.3) is 21.8 Å². The van der Waals surface area contributed by atoms with E-state index in [1.807, 2.05) is 30.3 Å². The average molecular weight is 517 g/mol. The van der Waals surface area contributed by atoms with Gasteiger partial charge < -0.3 is 15.0 Å². The molecule has 1 fully saturated rings. The van der Waals surface area contributed by atoms with Crippen LogP contribution in [0.1, 0.15) is 59.9 Å². The van der Waals surface area contributed by atoms with Gasteiger partial charge >= 0.3 is 0 Å². The number of hydrogen-bond donors (Lipinski definition) is 2. The van der Waals surface area contributed by atoms with Crippen molar-refractivity contribution in [2.45, 2.75) is 51.1 Å². The number of aromatic nitrogens is 1. The minimum atomic E-state index is -0.402. The maximum atomic E-state index is 13.7. The molecule has 4 nitrogen and oxygen atoms in total. The van der Waals surface area contributed by atoms with Gasteiger partial charge in [-0.25, -0.2) is 0 Å². The summed E-state index contributed by atoms with van der Waals surface area (Å²) in [6, 6.07) is 33.2. The topological polar surface area (TPSA) is 54.3 Å². The number of nitrogens with zero attached hydrogens (tertiary/aromatic N) is 1. The standard InChI is InChI=1S/C35H36N2O2/c1-24-10-9-17-32-33(24)29-15-7-8-16-31(29)37(32)22-25-18-20-28(21-19-25)34(27-13-5-6-14-27)35(39)36-30(23-38)26-11-3-2-4-12-26/h2-4,7-12,15-21,27,30,34,38H,5-6,13-14,22-23H2,1H3,(H,36,39)/t30-,34-/m0/s1. The fraction of sp³-hybridized carbons (Fsp3) is 0.286. The van der Waals surface area contributed by atoms with Gasteiger partial charge in [-0.05, 0) is 60.1 Å². The van der Waals surface area contributed by atoms with Crippen molar-refractivity contribution in [3.05, 3.63) is 119 Å². The summed E-state index contributed by atoms with van der Waals surface area (Å²) in [5, 5.41) is 15.8. The number of carbonyl (C=O) groups is 1. The van der Waals surface area contributed by atoms with E-state index in [9.17, 15) is 9.90 Å². The minimum absolute atomic E-state index is 0.00965. The lowest BCUT2D eigenvalue weighted by atomic mass is 9.83. The lowest BCUT2D eigenvalue weighted by molar-refractivity contribution is -0.124. The second kappa shape index (κ2) is 11.1. The Morgan fingerprint density at radius 2 is 1.54 bits per heavy atom. The largest absolute Gasteiger partial charge is 0.394 e. The molecule has 0 bridgehead atoms. The van der Waals surface area contributed by atoms with Gasteiger partial charge in [0, 0.05) is 28.4 Å². The predicted octanol–water partition coefficient (Wildman–Crippen LogP) is 7.27. The van der Waals surface area contributed by atoms with Crippen LogP contribution in [0.3, 0.4) is 0 Å². The summed E-state index contributed by atoms with van der Waals surface area (Å²) in [5.41, 5.74) is 6.98. The molecule has 1 aliphatic rings. The molecule has 0 radical (unpaired) electrons. The molecule has 1 amide bonds. The van der Waals surface area contributed by atoms with E-state index in [-0.39, 0.29) is 18.4 Å². The maximum absolute atomic E-state index is 13.7. The van der Waals surface area contributed by atoms with E-state index in [0.29, 0.717) is 5.92 Å². The van der Waals surface area contributed by atoms with Crippen LogP contribution in [0.5, 0.6) is 0 Å². The fourth-order valence-electron chi connectivity index (χ4n) is 6.57. The van der Waals surface area contributed by atoms with Crippen molar-refractivity contribution < 1.29 is 9.90 Å². The molecule has 4 aromatic carbocycles. The van der Waals surface area contributed by atoms with Crippen molar-refractivity contribution in [3.63, 3.8) is 0 Å². The van der Waals surface area contributed by atoms with Crippen molar-refractivity contribution in [2.24, 2.45) is 5.92 Å². The quantitative estimate of drug-likeness (QED) is 0.228. The zero-order valence-electron chi connectivity index (χ0n) is 22.5. The van der Waals surface area contributed by atoms with E-state index in [1.165, 1.54) is 45.8 Å². The molecule has 4 heteroatoms. The zero-order chi connectivity index (χ0) is 26.8. The van der Waals surface area contributed by atoms with E-state index >= 15 is 0 Å². The Morgan fingerprint density at radius 1 is 0.846 bits per heavy atom. The third kappa shape index (κ3) is 4.97. The monoisotopic (exact) mass is 516 g/mol. The van der Waals surface area contributed by atoms with Gasteiger partial charge in [0.05, 0.1) is 18.6 Å². The van der Waals surface area contributed by atoms with Crippen LogP contribution in [0.15, 0.2) is 97.1 Å². The Balaban J connectivity index is 1.29. The summed E-state index contributed by atoms with van der Waals surface area (Å²) in [6.07, 6.45) is 4.47. The molecule has 1 aliphatic carbocycles. The molecule has 0 spiro atoms. The van der Waals surface area contributed by atoms with Crippen LogP contribution >= 0.6 is 0 Å². The summed E-state index contributed by atoms with van der Waals surface area (Å²) in [7, 11) is 0. The van der Waals surface area contributed by atoms with Crippen LogP contribution < -0.4 is 5.32 Å². The summed E-state index contributed by atoms with van der Waals surface area (Å²) < 4.78 is 2.40. The number of aryl methyl sites for hydroxylation is 1. The van der Waals surface area contributed by atoms with Crippen molar-refractivity contribution >= 4 is 27.7 Å². The van der Waals surface area contributed by atoms with Crippen molar-refractivity contribution in [3.8, 4) is 0 Å². The Kier molecular flexibility index (Phi) is 7.21. The molecule has 1 aromatic heterocycles. The molecular weight excluding hydrogens is 480 g/mol. The smallest absolute Gasteiger partial charge is 0.228 e. The molecule has 0 aliphatic heterocycles. The summed E-state index contributed by atoms with van der Waals surface area (Å²) in [4.78, 5) is 13.7. The molecule has 1 heterocycles. The van der Waals surface area contributed by atoms with Crippen LogP contribution in [-0.4, -0.2) is 22.2 Å². The van der Waals surface area contributed by atoms with Gasteiger partial charge in [0.25, 0.3) is 0 Å². The number of nitrogens with one attached hydrogen (secondary N) is 1. The first-order valence-corrected chi connectivity index (χ1v) is 14.2. The number of aliphatic hydroxyl groups excluding tert-OH is 1. The van der Waals surface area contributed by atoms with Crippen molar-refractivity contribution in [2.75, 3.05) is 6.61 Å². The Bertz CT molecular complexity index is 1580.